The molecule has 0 spiro atoms. The summed E-state index contributed by atoms with van der Waals surface area (Å²) in [6.07, 6.45) is 1.76. The number of hydrogen-bond acceptors (Lipinski definition) is 5. The maximum Gasteiger partial charge on any atom is 0.410 e. The van der Waals surface area contributed by atoms with Crippen molar-refractivity contribution in [1.82, 2.24) is 9.80 Å². The summed E-state index contributed by atoms with van der Waals surface area (Å²) in [6.45, 7) is 1.27. The number of likely N-dealkylation sites (tertiary alicyclic amines) is 1. The van der Waals surface area contributed by atoms with Crippen molar-refractivity contribution >= 4 is 18.4 Å². The van der Waals surface area contributed by atoms with Crippen molar-refractivity contribution in [2.45, 2.75) is 31.9 Å². The highest BCUT2D eigenvalue weighted by molar-refractivity contribution is 5.92. The molecule has 24 heavy (non-hydrogen) atoms. The van der Waals surface area contributed by atoms with Gasteiger partial charge in [0, 0.05) is 13.1 Å². The summed E-state index contributed by atoms with van der Waals surface area (Å²) in [7, 11) is 0. The van der Waals surface area contributed by atoms with Gasteiger partial charge in [0.2, 0.25) is 6.41 Å². The highest BCUT2D eigenvalue weighted by Gasteiger charge is 2.37. The highest BCUT2D eigenvalue weighted by Crippen LogP contribution is 2.20. The molecule has 0 aliphatic carbocycles. The Morgan fingerprint density at radius 1 is 1.33 bits per heavy atom. The van der Waals surface area contributed by atoms with E-state index in [1.54, 1.807) is 0 Å². The van der Waals surface area contributed by atoms with Gasteiger partial charge in [-0.3, -0.25) is 19.4 Å². The molecule has 7 nitrogen and oxygen atoms in total. The minimum atomic E-state index is -0.642. The first-order valence-corrected chi connectivity index (χ1v) is 8.10. The Morgan fingerprint density at radius 3 is 2.75 bits per heavy atom. The lowest BCUT2D eigenvalue weighted by Gasteiger charge is -2.26. The van der Waals surface area contributed by atoms with E-state index in [4.69, 9.17) is 10.5 Å². The van der Waals surface area contributed by atoms with Crippen molar-refractivity contribution in [3.8, 4) is 0 Å². The van der Waals surface area contributed by atoms with E-state index in [0.717, 1.165) is 10.5 Å². The van der Waals surface area contributed by atoms with E-state index in [-0.39, 0.29) is 19.1 Å². The van der Waals surface area contributed by atoms with Crippen LogP contribution < -0.4 is 5.73 Å². The number of nitrogens with two attached hydrogens (primary N) is 1. The summed E-state index contributed by atoms with van der Waals surface area (Å²) in [5.41, 5.74) is 6.30. The largest absolute Gasteiger partial charge is 0.445 e. The highest BCUT2D eigenvalue weighted by atomic mass is 16.6. The zero-order valence-corrected chi connectivity index (χ0v) is 13.6. The molecule has 2 rings (SSSR count). The Balaban J connectivity index is 1.94. The first-order valence-electron chi connectivity index (χ1n) is 8.10. The van der Waals surface area contributed by atoms with Crippen molar-refractivity contribution < 1.29 is 19.1 Å². The van der Waals surface area contributed by atoms with Crippen LogP contribution >= 0.6 is 0 Å². The molecule has 1 aromatic carbocycles. The smallest absolute Gasteiger partial charge is 0.410 e. The SMILES string of the molecule is NCCCN(C=O)C(=O)C1CCCN1C(=O)OCc1ccccc1. The van der Waals surface area contributed by atoms with Gasteiger partial charge in [-0.2, -0.15) is 0 Å². The van der Waals surface area contributed by atoms with Gasteiger partial charge in [-0.1, -0.05) is 30.3 Å². The monoisotopic (exact) mass is 333 g/mol. The van der Waals surface area contributed by atoms with E-state index in [9.17, 15) is 14.4 Å². The Bertz CT molecular complexity index is 564. The molecule has 0 bridgehead atoms. The molecule has 1 unspecified atom stereocenters. The number of carbonyl (C=O) groups is 3. The van der Waals surface area contributed by atoms with Gasteiger partial charge in [0.05, 0.1) is 0 Å². The van der Waals surface area contributed by atoms with Gasteiger partial charge in [0.1, 0.15) is 12.6 Å². The molecule has 3 amide bonds. The predicted molar refractivity (Wildman–Crippen MR) is 87.8 cm³/mol. The molecule has 1 saturated heterocycles. The maximum atomic E-state index is 12.5. The summed E-state index contributed by atoms with van der Waals surface area (Å²) in [5, 5.41) is 0. The number of hydrogen-bond donors (Lipinski definition) is 1. The van der Waals surface area contributed by atoms with Gasteiger partial charge in [-0.05, 0) is 31.4 Å². The first kappa shape index (κ1) is 17.9. The lowest BCUT2D eigenvalue weighted by Crippen LogP contribution is -2.48. The number of ether oxygens (including phenoxy) is 1. The fraction of sp³-hybridized carbons (Fsp3) is 0.471. The second kappa shape index (κ2) is 9.02. The number of amides is 3. The van der Waals surface area contributed by atoms with E-state index < -0.39 is 12.1 Å². The third-order valence-electron chi connectivity index (χ3n) is 3.99. The lowest BCUT2D eigenvalue weighted by atomic mass is 10.2. The van der Waals surface area contributed by atoms with Crippen LogP contribution in [-0.2, 0) is 20.9 Å². The average molecular weight is 333 g/mol. The Kier molecular flexibility index (Phi) is 6.74. The molecule has 0 saturated carbocycles. The molecule has 0 radical (unpaired) electrons. The van der Waals surface area contributed by atoms with E-state index >= 15 is 0 Å². The fourth-order valence-electron chi connectivity index (χ4n) is 2.71. The normalized spacial score (nSPS) is 16.7. The van der Waals surface area contributed by atoms with E-state index in [1.165, 1.54) is 4.90 Å². The first-order chi connectivity index (χ1) is 11.7. The fourth-order valence-corrected chi connectivity index (χ4v) is 2.71. The number of carbonyl (C=O) groups excluding carboxylic acids is 3. The molecule has 1 aromatic rings. The Labute approximate surface area is 141 Å². The molecule has 1 aliphatic rings. The van der Waals surface area contributed by atoms with Gasteiger partial charge < -0.3 is 10.5 Å². The molecular weight excluding hydrogens is 310 g/mol. The molecule has 2 N–H and O–H groups in total. The second-order valence-electron chi connectivity index (χ2n) is 5.67. The number of rotatable bonds is 7. The molecular formula is C17H23N3O4. The van der Waals surface area contributed by atoms with Crippen LogP contribution in [0.15, 0.2) is 30.3 Å². The van der Waals surface area contributed by atoms with Crippen LogP contribution in [0, 0.1) is 0 Å². The third kappa shape index (κ3) is 4.55. The lowest BCUT2D eigenvalue weighted by molar-refractivity contribution is -0.141. The predicted octanol–water partition coefficient (Wildman–Crippen LogP) is 1.12. The van der Waals surface area contributed by atoms with Crippen LogP contribution in [-0.4, -0.2) is 53.9 Å². The van der Waals surface area contributed by atoms with Crippen LogP contribution in [0.25, 0.3) is 0 Å². The molecule has 130 valence electrons. The minimum Gasteiger partial charge on any atom is -0.445 e. The zero-order chi connectivity index (χ0) is 17.4. The molecule has 0 aromatic heterocycles. The van der Waals surface area contributed by atoms with E-state index in [0.29, 0.717) is 38.8 Å². The standard InChI is InChI=1S/C17H23N3O4/c18-9-5-10-19(13-21)16(22)15-8-4-11-20(15)17(23)24-12-14-6-2-1-3-7-14/h1-3,6-7,13,15H,4-5,8-12,18H2. The zero-order valence-electron chi connectivity index (χ0n) is 13.6. The Morgan fingerprint density at radius 2 is 2.08 bits per heavy atom. The van der Waals surface area contributed by atoms with E-state index in [1.807, 2.05) is 30.3 Å². The van der Waals surface area contributed by atoms with Gasteiger partial charge in [0.15, 0.2) is 0 Å². The second-order valence-corrected chi connectivity index (χ2v) is 5.67. The summed E-state index contributed by atoms with van der Waals surface area (Å²) >= 11 is 0. The molecule has 1 aliphatic heterocycles. The topological polar surface area (TPSA) is 92.9 Å². The van der Waals surface area contributed by atoms with Gasteiger partial charge in [-0.25, -0.2) is 4.79 Å². The number of imide groups is 1. The summed E-state index contributed by atoms with van der Waals surface area (Å²) < 4.78 is 5.29. The molecule has 1 atom stereocenters. The molecule has 1 fully saturated rings. The van der Waals surface area contributed by atoms with Crippen molar-refractivity contribution in [3.05, 3.63) is 35.9 Å². The summed E-state index contributed by atoms with van der Waals surface area (Å²) in [6, 6.07) is 8.70. The Hall–Kier alpha value is -2.41. The van der Waals surface area contributed by atoms with Crippen molar-refractivity contribution in [3.63, 3.8) is 0 Å². The third-order valence-corrected chi connectivity index (χ3v) is 3.99. The van der Waals surface area contributed by atoms with Crippen LogP contribution in [0.5, 0.6) is 0 Å². The van der Waals surface area contributed by atoms with E-state index in [2.05, 4.69) is 0 Å². The van der Waals surface area contributed by atoms with Crippen LogP contribution in [0.4, 0.5) is 4.79 Å². The van der Waals surface area contributed by atoms with Crippen LogP contribution in [0.1, 0.15) is 24.8 Å². The van der Waals surface area contributed by atoms with Crippen molar-refractivity contribution in [1.29, 1.82) is 0 Å². The van der Waals surface area contributed by atoms with Crippen LogP contribution in [0.3, 0.4) is 0 Å². The molecule has 1 heterocycles. The number of benzene rings is 1. The van der Waals surface area contributed by atoms with Crippen LogP contribution in [0.2, 0.25) is 0 Å². The average Bonchev–Trinajstić information content (AvgIpc) is 3.11. The quantitative estimate of drug-likeness (QED) is 0.755. The van der Waals surface area contributed by atoms with Gasteiger partial charge in [-0.15, -0.1) is 0 Å². The summed E-state index contributed by atoms with van der Waals surface area (Å²) in [4.78, 5) is 38.4. The molecule has 7 heteroatoms. The maximum absolute atomic E-state index is 12.5. The van der Waals surface area contributed by atoms with Crippen molar-refractivity contribution in [2.75, 3.05) is 19.6 Å². The van der Waals surface area contributed by atoms with Gasteiger partial charge >= 0.3 is 6.09 Å². The minimum absolute atomic E-state index is 0.154. The van der Waals surface area contributed by atoms with Crippen molar-refractivity contribution in [2.24, 2.45) is 5.73 Å². The number of nitrogens with zero attached hydrogens (tertiary/aromatic N) is 2. The summed E-state index contributed by atoms with van der Waals surface area (Å²) in [5.74, 6) is -0.368. The van der Waals surface area contributed by atoms with Gasteiger partial charge in [0.25, 0.3) is 5.91 Å².